The quantitative estimate of drug-likeness (QED) is 0.271. The number of rotatable bonds is 6. The first-order valence-corrected chi connectivity index (χ1v) is 12.4. The fraction of sp³-hybridized carbons (Fsp3) is 0.214. The van der Waals surface area contributed by atoms with Crippen molar-refractivity contribution in [2.75, 3.05) is 0 Å². The minimum absolute atomic E-state index is 0.000663. The minimum atomic E-state index is -4.06. The fourth-order valence-corrected chi connectivity index (χ4v) is 4.89. The summed E-state index contributed by atoms with van der Waals surface area (Å²) in [5.41, 5.74) is 3.09. The van der Waals surface area contributed by atoms with Crippen LogP contribution in [0.15, 0.2) is 84.9 Å². The van der Waals surface area contributed by atoms with E-state index in [9.17, 15) is 4.57 Å². The first-order valence-electron chi connectivity index (χ1n) is 11.0. The molecule has 170 valence electrons. The van der Waals surface area contributed by atoms with E-state index in [-0.39, 0.29) is 5.41 Å². The Morgan fingerprint density at radius 1 is 0.667 bits per heavy atom. The maximum Gasteiger partial charge on any atom is 0.647 e. The second-order valence-electron chi connectivity index (χ2n) is 9.27. The summed E-state index contributed by atoms with van der Waals surface area (Å²) in [5, 5.41) is 2.04. The third-order valence-electron chi connectivity index (χ3n) is 5.42. The summed E-state index contributed by atoms with van der Waals surface area (Å²) in [5.74, 6) is 1.28. The van der Waals surface area contributed by atoms with Gasteiger partial charge in [-0.25, -0.2) is 0 Å². The highest BCUT2D eigenvalue weighted by Crippen LogP contribution is 2.50. The molecule has 0 amide bonds. The minimum Gasteiger partial charge on any atom is -0.386 e. The van der Waals surface area contributed by atoms with Gasteiger partial charge >= 0.3 is 7.82 Å². The largest absolute Gasteiger partial charge is 0.647 e. The molecule has 4 aromatic rings. The average Bonchev–Trinajstić information content (AvgIpc) is 2.75. The molecule has 0 radical (unpaired) electrons. The van der Waals surface area contributed by atoms with Gasteiger partial charge in [-0.05, 0) is 71.5 Å². The van der Waals surface area contributed by atoms with Gasteiger partial charge in [0.2, 0.25) is 0 Å². The van der Waals surface area contributed by atoms with Crippen LogP contribution in [-0.4, -0.2) is 0 Å². The van der Waals surface area contributed by atoms with Crippen LogP contribution in [0.2, 0.25) is 0 Å². The number of fused-ring (bicyclic) bond motifs is 1. The zero-order chi connectivity index (χ0) is 23.6. The average molecular weight is 461 g/mol. The molecule has 0 bridgehead atoms. The molecule has 0 aliphatic carbocycles. The third kappa shape index (κ3) is 5.58. The number of phosphoric acid groups is 1. The molecule has 0 saturated carbocycles. The van der Waals surface area contributed by atoms with Crippen LogP contribution in [0.25, 0.3) is 10.8 Å². The molecule has 0 heterocycles. The van der Waals surface area contributed by atoms with Crippen LogP contribution in [0, 0.1) is 13.8 Å². The van der Waals surface area contributed by atoms with Crippen molar-refractivity contribution in [1.82, 2.24) is 0 Å². The van der Waals surface area contributed by atoms with Crippen LogP contribution in [0.4, 0.5) is 0 Å². The Morgan fingerprint density at radius 2 is 1.30 bits per heavy atom. The van der Waals surface area contributed by atoms with Gasteiger partial charge in [0.25, 0.3) is 0 Å². The van der Waals surface area contributed by atoms with Crippen LogP contribution < -0.4 is 13.6 Å². The van der Waals surface area contributed by atoms with E-state index in [1.54, 1.807) is 24.3 Å². The lowest BCUT2D eigenvalue weighted by Crippen LogP contribution is -2.11. The standard InChI is InChI=1S/C28H29O4P/c1-20-10-17-27(21(2)18-20)32-33(29,30-25-15-12-24(13-16-25)28(3,4)5)31-26-14-11-22-8-6-7-9-23(22)19-26/h6-19H,1-5H3. The normalized spacial score (nSPS) is 13.4. The van der Waals surface area contributed by atoms with Crippen molar-refractivity contribution in [2.45, 2.75) is 40.0 Å². The lowest BCUT2D eigenvalue weighted by Gasteiger charge is -2.22. The van der Waals surface area contributed by atoms with Gasteiger partial charge in [0.1, 0.15) is 17.2 Å². The van der Waals surface area contributed by atoms with E-state index in [0.717, 1.165) is 27.5 Å². The molecule has 0 saturated heterocycles. The molecular formula is C28H29O4P. The summed E-state index contributed by atoms with van der Waals surface area (Å²) in [6, 6.07) is 26.6. The summed E-state index contributed by atoms with van der Waals surface area (Å²) >= 11 is 0. The Labute approximate surface area is 195 Å². The van der Waals surface area contributed by atoms with Gasteiger partial charge in [-0.15, -0.1) is 0 Å². The molecule has 33 heavy (non-hydrogen) atoms. The molecule has 4 rings (SSSR count). The fourth-order valence-electron chi connectivity index (χ4n) is 3.58. The first-order chi connectivity index (χ1) is 15.6. The summed E-state index contributed by atoms with van der Waals surface area (Å²) in [6.45, 7) is 10.3. The zero-order valence-electron chi connectivity index (χ0n) is 19.7. The summed E-state index contributed by atoms with van der Waals surface area (Å²) in [4.78, 5) is 0. The molecular weight excluding hydrogens is 431 g/mol. The van der Waals surface area contributed by atoms with Crippen LogP contribution in [-0.2, 0) is 9.98 Å². The molecule has 5 heteroatoms. The van der Waals surface area contributed by atoms with E-state index in [0.29, 0.717) is 17.2 Å². The van der Waals surface area contributed by atoms with Gasteiger partial charge in [0, 0.05) is 0 Å². The van der Waals surface area contributed by atoms with Crippen molar-refractivity contribution >= 4 is 18.6 Å². The second kappa shape index (κ2) is 8.96. The van der Waals surface area contributed by atoms with Crippen molar-refractivity contribution in [1.29, 1.82) is 0 Å². The lowest BCUT2D eigenvalue weighted by atomic mass is 9.87. The molecule has 1 atom stereocenters. The topological polar surface area (TPSA) is 44.8 Å². The lowest BCUT2D eigenvalue weighted by molar-refractivity contribution is 0.298. The predicted molar refractivity (Wildman–Crippen MR) is 134 cm³/mol. The van der Waals surface area contributed by atoms with Crippen molar-refractivity contribution < 1.29 is 18.1 Å². The summed E-state index contributed by atoms with van der Waals surface area (Å²) in [7, 11) is -4.06. The first kappa shape index (κ1) is 22.9. The van der Waals surface area contributed by atoms with Crippen LogP contribution in [0.3, 0.4) is 0 Å². The monoisotopic (exact) mass is 460 g/mol. The van der Waals surface area contributed by atoms with E-state index in [1.807, 2.05) is 74.5 Å². The number of aryl methyl sites for hydroxylation is 2. The van der Waals surface area contributed by atoms with Crippen molar-refractivity contribution in [3.05, 3.63) is 102 Å². The Bertz CT molecular complexity index is 1320. The Hall–Kier alpha value is -3.23. The Kier molecular flexibility index (Phi) is 6.23. The number of hydrogen-bond acceptors (Lipinski definition) is 4. The smallest absolute Gasteiger partial charge is 0.386 e. The van der Waals surface area contributed by atoms with Crippen LogP contribution >= 0.6 is 7.82 Å². The van der Waals surface area contributed by atoms with E-state index >= 15 is 0 Å². The van der Waals surface area contributed by atoms with Gasteiger partial charge in [-0.2, -0.15) is 4.57 Å². The van der Waals surface area contributed by atoms with E-state index in [1.165, 1.54) is 0 Å². The molecule has 4 nitrogen and oxygen atoms in total. The Morgan fingerprint density at radius 3 is 1.97 bits per heavy atom. The third-order valence-corrected chi connectivity index (χ3v) is 6.71. The molecule has 0 N–H and O–H groups in total. The van der Waals surface area contributed by atoms with Gasteiger partial charge < -0.3 is 13.6 Å². The maximum atomic E-state index is 13.9. The van der Waals surface area contributed by atoms with Gasteiger partial charge in [-0.1, -0.05) is 80.9 Å². The zero-order valence-corrected chi connectivity index (χ0v) is 20.6. The number of phosphoric ester groups is 1. The van der Waals surface area contributed by atoms with Gasteiger partial charge in [0.15, 0.2) is 0 Å². The molecule has 1 unspecified atom stereocenters. The number of benzene rings is 4. The number of hydrogen-bond donors (Lipinski definition) is 0. The molecule has 0 spiro atoms. The Balaban J connectivity index is 1.68. The summed E-state index contributed by atoms with van der Waals surface area (Å²) in [6.07, 6.45) is 0. The highest BCUT2D eigenvalue weighted by atomic mass is 31.2. The van der Waals surface area contributed by atoms with Gasteiger partial charge in [0.05, 0.1) is 0 Å². The SMILES string of the molecule is Cc1ccc(OP(=O)(Oc2ccc(C(C)(C)C)cc2)Oc2ccc3ccccc3c2)c(C)c1. The molecule has 0 fully saturated rings. The van der Waals surface area contributed by atoms with E-state index in [4.69, 9.17) is 13.6 Å². The van der Waals surface area contributed by atoms with Crippen molar-refractivity contribution in [2.24, 2.45) is 0 Å². The predicted octanol–water partition coefficient (Wildman–Crippen LogP) is 8.40. The summed E-state index contributed by atoms with van der Waals surface area (Å²) < 4.78 is 31.6. The highest BCUT2D eigenvalue weighted by Gasteiger charge is 2.34. The van der Waals surface area contributed by atoms with Gasteiger partial charge in [-0.3, -0.25) is 0 Å². The van der Waals surface area contributed by atoms with Crippen molar-refractivity contribution in [3.63, 3.8) is 0 Å². The van der Waals surface area contributed by atoms with Crippen LogP contribution in [0.5, 0.6) is 17.2 Å². The van der Waals surface area contributed by atoms with Crippen LogP contribution in [0.1, 0.15) is 37.5 Å². The molecule has 0 aromatic heterocycles. The molecule has 0 aliphatic heterocycles. The van der Waals surface area contributed by atoms with E-state index < -0.39 is 7.82 Å². The van der Waals surface area contributed by atoms with Crippen molar-refractivity contribution in [3.8, 4) is 17.2 Å². The second-order valence-corrected chi connectivity index (χ2v) is 10.7. The molecule has 0 aliphatic rings. The van der Waals surface area contributed by atoms with E-state index in [2.05, 4.69) is 20.8 Å². The maximum absolute atomic E-state index is 13.9. The highest BCUT2D eigenvalue weighted by molar-refractivity contribution is 7.49. The molecule has 4 aromatic carbocycles.